The first-order valence-corrected chi connectivity index (χ1v) is 11.3. The predicted molar refractivity (Wildman–Crippen MR) is 114 cm³/mol. The normalized spacial score (nSPS) is 17.4. The van der Waals surface area contributed by atoms with Crippen molar-refractivity contribution in [3.63, 3.8) is 0 Å². The minimum absolute atomic E-state index is 0.113. The molecule has 5 nitrogen and oxygen atoms in total. The molecule has 166 valence electrons. The Bertz CT molecular complexity index is 929. The van der Waals surface area contributed by atoms with Crippen molar-refractivity contribution < 1.29 is 18.0 Å². The highest BCUT2D eigenvalue weighted by Gasteiger charge is 2.30. The standard InChI is InChI=1S/C22H25F3N4OS/c1-2-31-29-11-16(12-29)8-27-21(30)17-7-18-13-28(14-20(18)26-9-17)10-15-3-5-19(6-4-15)22(23,24)25/h3-7,9,16H,2,8,10-14H2,1H3,(H,27,30). The summed E-state index contributed by atoms with van der Waals surface area (Å²) < 4.78 is 40.5. The molecule has 9 heteroatoms. The summed E-state index contributed by atoms with van der Waals surface area (Å²) in [6, 6.07) is 7.13. The molecule has 0 saturated carbocycles. The summed E-state index contributed by atoms with van der Waals surface area (Å²) >= 11 is 1.82. The number of halogens is 3. The molecule has 0 unspecified atom stereocenters. The molecule has 0 spiro atoms. The summed E-state index contributed by atoms with van der Waals surface area (Å²) in [7, 11) is 0. The zero-order chi connectivity index (χ0) is 22.0. The molecule has 2 aromatic rings. The lowest BCUT2D eigenvalue weighted by atomic mass is 10.0. The van der Waals surface area contributed by atoms with Gasteiger partial charge in [0, 0.05) is 57.1 Å². The van der Waals surface area contributed by atoms with E-state index in [4.69, 9.17) is 0 Å². The number of carbonyl (C=O) groups excluding carboxylic acids is 1. The number of rotatable bonds is 7. The smallest absolute Gasteiger partial charge is 0.352 e. The number of amides is 1. The van der Waals surface area contributed by atoms with Crippen LogP contribution in [0.2, 0.25) is 0 Å². The number of aromatic nitrogens is 1. The fraction of sp³-hybridized carbons (Fsp3) is 0.455. The van der Waals surface area contributed by atoms with Gasteiger partial charge in [0.2, 0.25) is 0 Å². The van der Waals surface area contributed by atoms with E-state index in [-0.39, 0.29) is 5.91 Å². The fourth-order valence-corrected chi connectivity index (χ4v) is 4.90. The Balaban J connectivity index is 1.29. The van der Waals surface area contributed by atoms with Crippen LogP contribution >= 0.6 is 11.9 Å². The first kappa shape index (κ1) is 22.1. The maximum absolute atomic E-state index is 12.7. The van der Waals surface area contributed by atoms with E-state index in [2.05, 4.69) is 26.4 Å². The van der Waals surface area contributed by atoms with Gasteiger partial charge in [-0.15, -0.1) is 0 Å². The van der Waals surface area contributed by atoms with E-state index in [0.29, 0.717) is 37.7 Å². The van der Waals surface area contributed by atoms with Crippen LogP contribution in [0, 0.1) is 5.92 Å². The zero-order valence-corrected chi connectivity index (χ0v) is 18.1. The van der Waals surface area contributed by atoms with Crippen molar-refractivity contribution >= 4 is 17.9 Å². The number of hydrogen-bond donors (Lipinski definition) is 1. The highest BCUT2D eigenvalue weighted by molar-refractivity contribution is 7.97. The molecule has 2 aliphatic rings. The summed E-state index contributed by atoms with van der Waals surface area (Å²) in [5, 5.41) is 3.00. The minimum Gasteiger partial charge on any atom is -0.352 e. The van der Waals surface area contributed by atoms with Gasteiger partial charge in [0.05, 0.1) is 16.8 Å². The Labute approximate surface area is 184 Å². The van der Waals surface area contributed by atoms with Crippen molar-refractivity contribution in [2.24, 2.45) is 5.92 Å². The Kier molecular flexibility index (Phi) is 6.55. The van der Waals surface area contributed by atoms with Crippen molar-refractivity contribution in [3.8, 4) is 0 Å². The number of nitrogens with one attached hydrogen (secondary N) is 1. The van der Waals surface area contributed by atoms with Gasteiger partial charge in [-0.1, -0.05) is 31.0 Å². The van der Waals surface area contributed by atoms with Crippen molar-refractivity contribution in [2.75, 3.05) is 25.4 Å². The largest absolute Gasteiger partial charge is 0.416 e. The van der Waals surface area contributed by atoms with Crippen LogP contribution in [0.1, 0.15) is 39.7 Å². The molecule has 0 atom stereocenters. The quantitative estimate of drug-likeness (QED) is 0.648. The van der Waals surface area contributed by atoms with Crippen LogP contribution in [0.4, 0.5) is 13.2 Å². The van der Waals surface area contributed by atoms with E-state index in [1.807, 2.05) is 18.0 Å². The topological polar surface area (TPSA) is 48.5 Å². The average molecular weight is 451 g/mol. The highest BCUT2D eigenvalue weighted by atomic mass is 32.2. The summed E-state index contributed by atoms with van der Waals surface area (Å²) in [6.45, 7) is 6.56. The molecule has 1 N–H and O–H groups in total. The van der Waals surface area contributed by atoms with Crippen LogP contribution in [-0.4, -0.2) is 45.5 Å². The highest BCUT2D eigenvalue weighted by Crippen LogP contribution is 2.30. The second-order valence-electron chi connectivity index (χ2n) is 8.01. The summed E-state index contributed by atoms with van der Waals surface area (Å²) in [5.74, 6) is 1.44. The number of alkyl halides is 3. The van der Waals surface area contributed by atoms with Gasteiger partial charge in [0.15, 0.2) is 0 Å². The molecule has 0 bridgehead atoms. The third-order valence-electron chi connectivity index (χ3n) is 5.56. The summed E-state index contributed by atoms with van der Waals surface area (Å²) in [6.07, 6.45) is -2.72. The third-order valence-corrected chi connectivity index (χ3v) is 6.48. The minimum atomic E-state index is -4.32. The molecular weight excluding hydrogens is 425 g/mol. The Morgan fingerprint density at radius 1 is 1.23 bits per heavy atom. The zero-order valence-electron chi connectivity index (χ0n) is 17.3. The van der Waals surface area contributed by atoms with Gasteiger partial charge in [-0.05, 0) is 29.3 Å². The van der Waals surface area contributed by atoms with Gasteiger partial charge < -0.3 is 5.32 Å². The van der Waals surface area contributed by atoms with E-state index in [1.165, 1.54) is 12.1 Å². The molecule has 1 amide bonds. The monoisotopic (exact) mass is 450 g/mol. The summed E-state index contributed by atoms with van der Waals surface area (Å²) in [5.41, 5.74) is 2.63. The molecule has 4 rings (SSSR count). The van der Waals surface area contributed by atoms with Gasteiger partial charge in [-0.3, -0.25) is 14.7 Å². The van der Waals surface area contributed by atoms with Crippen molar-refractivity contribution in [1.82, 2.24) is 19.5 Å². The van der Waals surface area contributed by atoms with Crippen molar-refractivity contribution in [1.29, 1.82) is 0 Å². The first-order chi connectivity index (χ1) is 14.8. The van der Waals surface area contributed by atoms with Gasteiger partial charge in [0.25, 0.3) is 5.91 Å². The number of fused-ring (bicyclic) bond motifs is 1. The van der Waals surface area contributed by atoms with E-state index < -0.39 is 11.7 Å². The lowest BCUT2D eigenvalue weighted by Gasteiger charge is -2.37. The second kappa shape index (κ2) is 9.18. The van der Waals surface area contributed by atoms with Gasteiger partial charge in [0.1, 0.15) is 0 Å². The summed E-state index contributed by atoms with van der Waals surface area (Å²) in [4.78, 5) is 19.1. The Morgan fingerprint density at radius 3 is 2.65 bits per heavy atom. The maximum atomic E-state index is 12.7. The van der Waals surface area contributed by atoms with Crippen molar-refractivity contribution in [3.05, 3.63) is 64.5 Å². The van der Waals surface area contributed by atoms with Crippen LogP contribution in [0.3, 0.4) is 0 Å². The lowest BCUT2D eigenvalue weighted by molar-refractivity contribution is -0.137. The van der Waals surface area contributed by atoms with E-state index >= 15 is 0 Å². The van der Waals surface area contributed by atoms with Crippen molar-refractivity contribution in [2.45, 2.75) is 32.7 Å². The Morgan fingerprint density at radius 2 is 1.97 bits per heavy atom. The van der Waals surface area contributed by atoms with Crippen LogP contribution in [0.25, 0.3) is 0 Å². The molecule has 1 aromatic heterocycles. The molecule has 0 aliphatic carbocycles. The van der Waals surface area contributed by atoms with Crippen LogP contribution < -0.4 is 5.32 Å². The van der Waals surface area contributed by atoms with Crippen LogP contribution in [0.5, 0.6) is 0 Å². The first-order valence-electron chi connectivity index (χ1n) is 10.3. The number of benzene rings is 1. The van der Waals surface area contributed by atoms with Gasteiger partial charge in [-0.25, -0.2) is 4.31 Å². The number of carbonyl (C=O) groups is 1. The van der Waals surface area contributed by atoms with E-state index in [0.717, 1.165) is 47.8 Å². The molecule has 2 aliphatic heterocycles. The maximum Gasteiger partial charge on any atom is 0.416 e. The van der Waals surface area contributed by atoms with Crippen LogP contribution in [-0.2, 0) is 25.8 Å². The second-order valence-corrected chi connectivity index (χ2v) is 9.36. The Hall–Kier alpha value is -2.10. The fourth-order valence-electron chi connectivity index (χ4n) is 3.90. The molecule has 0 radical (unpaired) electrons. The van der Waals surface area contributed by atoms with E-state index in [1.54, 1.807) is 6.20 Å². The molecule has 31 heavy (non-hydrogen) atoms. The molecular formula is C22H25F3N4OS. The molecule has 3 heterocycles. The van der Waals surface area contributed by atoms with Gasteiger partial charge >= 0.3 is 6.18 Å². The van der Waals surface area contributed by atoms with Crippen LogP contribution in [0.15, 0.2) is 36.5 Å². The number of hydrogen-bond acceptors (Lipinski definition) is 5. The number of nitrogens with zero attached hydrogens (tertiary/aromatic N) is 3. The number of pyridine rings is 1. The molecule has 1 aromatic carbocycles. The molecule has 1 saturated heterocycles. The van der Waals surface area contributed by atoms with E-state index in [9.17, 15) is 18.0 Å². The average Bonchev–Trinajstić information content (AvgIpc) is 3.10. The van der Waals surface area contributed by atoms with Gasteiger partial charge in [-0.2, -0.15) is 13.2 Å². The SMILES string of the molecule is CCSN1CC(CNC(=O)c2cnc3c(c2)CN(Cc2ccc(C(F)(F)F)cc2)C3)C1. The molecule has 1 fully saturated rings. The lowest BCUT2D eigenvalue weighted by Crippen LogP contribution is -2.48. The predicted octanol–water partition coefficient (Wildman–Crippen LogP) is 3.95. The third kappa shape index (κ3) is 5.39.